The quantitative estimate of drug-likeness (QED) is 0.264. The molecule has 0 nitrogen and oxygen atoms in total. The van der Waals surface area contributed by atoms with Crippen molar-refractivity contribution in [2.24, 2.45) is 5.41 Å². The summed E-state index contributed by atoms with van der Waals surface area (Å²) >= 11 is 0. The summed E-state index contributed by atoms with van der Waals surface area (Å²) in [6, 6.07) is 4.40. The fourth-order valence-corrected chi connectivity index (χ4v) is 4.55. The second kappa shape index (κ2) is 15.8. The lowest BCUT2D eigenvalue weighted by molar-refractivity contribution is 0.456. The van der Waals surface area contributed by atoms with Gasteiger partial charge in [-0.3, -0.25) is 0 Å². The number of allylic oxidation sites excluding steroid dienone is 21. The highest BCUT2D eigenvalue weighted by molar-refractivity contribution is 5.59. The van der Waals surface area contributed by atoms with E-state index >= 15 is 0 Å². The second-order valence-corrected chi connectivity index (χ2v) is 11.7. The van der Waals surface area contributed by atoms with Crippen LogP contribution in [0.3, 0.4) is 0 Å². The van der Waals surface area contributed by atoms with Crippen molar-refractivity contribution in [2.75, 3.05) is 0 Å². The number of benzene rings is 1. The fourth-order valence-electron chi connectivity index (χ4n) is 4.55. The predicted molar refractivity (Wildman–Crippen MR) is 182 cm³/mol. The number of rotatable bonds is 10. The van der Waals surface area contributed by atoms with E-state index in [1.54, 1.807) is 0 Å². The highest BCUT2D eigenvalue weighted by atomic mass is 14.3. The average molecular weight is 531 g/mol. The molecule has 0 fully saturated rings. The van der Waals surface area contributed by atoms with Crippen molar-refractivity contribution in [3.8, 4) is 0 Å². The van der Waals surface area contributed by atoms with Crippen LogP contribution in [0.4, 0.5) is 0 Å². The summed E-state index contributed by atoms with van der Waals surface area (Å²) in [4.78, 5) is 0. The summed E-state index contributed by atoms with van der Waals surface area (Å²) in [7, 11) is 0. The van der Waals surface area contributed by atoms with Crippen molar-refractivity contribution in [3.05, 3.63) is 159 Å². The molecule has 0 aromatic heterocycles. The minimum Gasteiger partial charge on any atom is -0.0834 e. The van der Waals surface area contributed by atoms with E-state index in [0.29, 0.717) is 0 Å². The molecule has 0 saturated carbocycles. The summed E-state index contributed by atoms with van der Waals surface area (Å²) < 4.78 is 0. The molecule has 0 aliphatic heterocycles. The topological polar surface area (TPSA) is 0 Å². The molecule has 0 amide bonds. The van der Waals surface area contributed by atoms with Gasteiger partial charge < -0.3 is 0 Å². The molecule has 2 rings (SSSR count). The van der Waals surface area contributed by atoms with Crippen LogP contribution in [0.15, 0.2) is 137 Å². The maximum atomic E-state index is 2.32. The van der Waals surface area contributed by atoms with Crippen molar-refractivity contribution in [2.45, 2.75) is 75.7 Å². The lowest BCUT2D eigenvalue weighted by Gasteiger charge is -2.29. The van der Waals surface area contributed by atoms with Gasteiger partial charge in [0.1, 0.15) is 0 Å². The van der Waals surface area contributed by atoms with Crippen LogP contribution in [-0.4, -0.2) is 0 Å². The van der Waals surface area contributed by atoms with E-state index in [1.165, 1.54) is 55.7 Å². The molecular formula is C40H50. The van der Waals surface area contributed by atoms with Gasteiger partial charge in [0.2, 0.25) is 0 Å². The Morgan fingerprint density at radius 3 is 1.68 bits per heavy atom. The standard InChI is InChI=1S/C40H50/c1-30(18-13-20-32(3)23-26-38-27-25-34(5)36(7)37(38)8)16-11-12-17-31(2)19-14-21-33(4)24-28-39-35(6)22-15-29-40(39,9)10/h11-28H,29H2,1-10H3/b12-11+,18-13+,19-14?,26-23+,28-24?,30-16+,31-17?,32-20+,33-21?. The molecule has 40 heavy (non-hydrogen) atoms. The molecule has 1 aliphatic carbocycles. The zero-order chi connectivity index (χ0) is 29.7. The molecule has 0 saturated heterocycles. The first-order chi connectivity index (χ1) is 18.9. The largest absolute Gasteiger partial charge is 0.0834 e. The molecule has 0 radical (unpaired) electrons. The average Bonchev–Trinajstić information content (AvgIpc) is 2.88. The normalized spacial score (nSPS) is 17.8. The smallest absolute Gasteiger partial charge is 0.00664 e. The maximum absolute atomic E-state index is 2.32. The van der Waals surface area contributed by atoms with E-state index in [-0.39, 0.29) is 5.41 Å². The minimum absolute atomic E-state index is 0.202. The first-order valence-corrected chi connectivity index (χ1v) is 14.4. The van der Waals surface area contributed by atoms with Crippen molar-refractivity contribution >= 4 is 6.08 Å². The highest BCUT2D eigenvalue weighted by Gasteiger charge is 2.23. The summed E-state index contributed by atoms with van der Waals surface area (Å²) in [5.74, 6) is 0. The van der Waals surface area contributed by atoms with Crippen LogP contribution < -0.4 is 0 Å². The second-order valence-electron chi connectivity index (χ2n) is 11.7. The third kappa shape index (κ3) is 10.9. The van der Waals surface area contributed by atoms with E-state index in [0.717, 1.165) is 6.42 Å². The van der Waals surface area contributed by atoms with Gasteiger partial charge in [-0.25, -0.2) is 0 Å². The summed E-state index contributed by atoms with van der Waals surface area (Å²) in [5.41, 5.74) is 13.3. The maximum Gasteiger partial charge on any atom is -0.00664 e. The van der Waals surface area contributed by atoms with Crippen LogP contribution in [0.25, 0.3) is 6.08 Å². The lowest BCUT2D eigenvalue weighted by Crippen LogP contribution is -2.16. The van der Waals surface area contributed by atoms with Crippen LogP contribution in [0.1, 0.15) is 77.1 Å². The lowest BCUT2D eigenvalue weighted by atomic mass is 9.75. The fraction of sp³-hybridized carbons (Fsp3) is 0.300. The highest BCUT2D eigenvalue weighted by Crippen LogP contribution is 2.37. The first kappa shape index (κ1) is 32.6. The predicted octanol–water partition coefficient (Wildman–Crippen LogP) is 11.9. The Labute approximate surface area is 245 Å². The summed E-state index contributed by atoms with van der Waals surface area (Å²) in [6.45, 7) is 21.9. The van der Waals surface area contributed by atoms with Gasteiger partial charge in [0.15, 0.2) is 0 Å². The SMILES string of the molecule is CC(C=CC1=C(C)C=CCC1(C)C)=CC=CC(C)=C/C=C/C=C(C)/C=C/C=C(C)/C=C/c1ccc(C)c(C)c1C. The van der Waals surface area contributed by atoms with Crippen LogP contribution in [-0.2, 0) is 0 Å². The Kier molecular flexibility index (Phi) is 12.9. The Morgan fingerprint density at radius 2 is 1.12 bits per heavy atom. The molecule has 0 unspecified atom stereocenters. The third-order valence-electron chi connectivity index (χ3n) is 7.55. The zero-order valence-corrected chi connectivity index (χ0v) is 26.6. The molecule has 0 atom stereocenters. The van der Waals surface area contributed by atoms with E-state index in [4.69, 9.17) is 0 Å². The molecule has 1 aliphatic rings. The Morgan fingerprint density at radius 1 is 0.625 bits per heavy atom. The molecule has 210 valence electrons. The van der Waals surface area contributed by atoms with Crippen molar-refractivity contribution in [1.29, 1.82) is 0 Å². The Bertz CT molecular complexity index is 1380. The molecule has 0 heterocycles. The third-order valence-corrected chi connectivity index (χ3v) is 7.55. The first-order valence-electron chi connectivity index (χ1n) is 14.4. The monoisotopic (exact) mass is 530 g/mol. The van der Waals surface area contributed by atoms with Gasteiger partial charge in [0, 0.05) is 0 Å². The van der Waals surface area contributed by atoms with E-state index < -0.39 is 0 Å². The van der Waals surface area contributed by atoms with Gasteiger partial charge in [-0.2, -0.15) is 0 Å². The molecule has 1 aromatic carbocycles. The van der Waals surface area contributed by atoms with Gasteiger partial charge in [0.25, 0.3) is 0 Å². The summed E-state index contributed by atoms with van der Waals surface area (Å²) in [5, 5.41) is 0. The van der Waals surface area contributed by atoms with Crippen molar-refractivity contribution < 1.29 is 0 Å². The van der Waals surface area contributed by atoms with Gasteiger partial charge in [-0.05, 0) is 101 Å². The molecule has 0 N–H and O–H groups in total. The Hall–Kier alpha value is -3.64. The molecule has 0 bridgehead atoms. The van der Waals surface area contributed by atoms with Gasteiger partial charge >= 0.3 is 0 Å². The van der Waals surface area contributed by atoms with Gasteiger partial charge in [-0.1, -0.05) is 145 Å². The van der Waals surface area contributed by atoms with Crippen LogP contribution in [0, 0.1) is 26.2 Å². The van der Waals surface area contributed by atoms with Gasteiger partial charge in [-0.15, -0.1) is 0 Å². The van der Waals surface area contributed by atoms with Gasteiger partial charge in [0.05, 0.1) is 0 Å². The number of aryl methyl sites for hydroxylation is 1. The van der Waals surface area contributed by atoms with Crippen molar-refractivity contribution in [3.63, 3.8) is 0 Å². The van der Waals surface area contributed by atoms with Crippen LogP contribution in [0.2, 0.25) is 0 Å². The molecular weight excluding hydrogens is 480 g/mol. The molecule has 1 aromatic rings. The van der Waals surface area contributed by atoms with E-state index in [1.807, 2.05) is 0 Å². The molecule has 0 heteroatoms. The number of hydrogen-bond acceptors (Lipinski definition) is 0. The van der Waals surface area contributed by atoms with Crippen LogP contribution >= 0.6 is 0 Å². The number of hydrogen-bond donors (Lipinski definition) is 0. The molecule has 0 spiro atoms. The van der Waals surface area contributed by atoms with E-state index in [2.05, 4.69) is 179 Å². The summed E-state index contributed by atoms with van der Waals surface area (Å²) in [6.07, 6.45) is 35.8. The van der Waals surface area contributed by atoms with Crippen molar-refractivity contribution in [1.82, 2.24) is 0 Å². The van der Waals surface area contributed by atoms with Crippen LogP contribution in [0.5, 0.6) is 0 Å². The zero-order valence-electron chi connectivity index (χ0n) is 26.6. The Balaban J connectivity index is 1.89. The van der Waals surface area contributed by atoms with E-state index in [9.17, 15) is 0 Å². The minimum atomic E-state index is 0.202.